The highest BCUT2D eigenvalue weighted by molar-refractivity contribution is 5.91. The van der Waals surface area contributed by atoms with Crippen LogP contribution in [0, 0.1) is 5.92 Å². The van der Waals surface area contributed by atoms with Gasteiger partial charge in [-0.15, -0.1) is 0 Å². The van der Waals surface area contributed by atoms with E-state index in [1.165, 1.54) is 10.9 Å². The lowest BCUT2D eigenvalue weighted by Crippen LogP contribution is -2.24. The molecule has 0 atom stereocenters. The third-order valence-electron chi connectivity index (χ3n) is 3.13. The van der Waals surface area contributed by atoms with Crippen LogP contribution >= 0.6 is 0 Å². The quantitative estimate of drug-likeness (QED) is 0.518. The van der Waals surface area contributed by atoms with Crippen molar-refractivity contribution in [2.45, 2.75) is 60.6 Å². The van der Waals surface area contributed by atoms with Crippen LogP contribution in [0.3, 0.4) is 0 Å². The lowest BCUT2D eigenvalue weighted by Gasteiger charge is -2.19. The standard InChI is InChI=1S/C19H30N2O5/c1-8-24-18(23)15-11-20-21(16(15)25-12-13(2)3)10-9-14(4)17(22)26-19(5,6)7/h9,11,13H,8,10,12H2,1-7H3/b14-9+. The molecule has 0 amide bonds. The third kappa shape index (κ3) is 6.90. The van der Waals surface area contributed by atoms with E-state index in [-0.39, 0.29) is 30.6 Å². The van der Waals surface area contributed by atoms with Crippen molar-refractivity contribution < 1.29 is 23.8 Å². The Bertz CT molecular complexity index is 653. The van der Waals surface area contributed by atoms with Crippen molar-refractivity contribution >= 4 is 11.9 Å². The number of ether oxygens (including phenoxy) is 3. The molecule has 0 bridgehead atoms. The predicted molar refractivity (Wildman–Crippen MR) is 98.1 cm³/mol. The minimum absolute atomic E-state index is 0.269. The zero-order chi connectivity index (χ0) is 19.9. The SMILES string of the molecule is CCOC(=O)c1cnn(C/C=C(\C)C(=O)OC(C)(C)C)c1OCC(C)C. The number of hydrogen-bond donors (Lipinski definition) is 0. The molecule has 1 heterocycles. The smallest absolute Gasteiger partial charge is 0.345 e. The Morgan fingerprint density at radius 1 is 1.31 bits per heavy atom. The number of rotatable bonds is 8. The maximum absolute atomic E-state index is 12.1. The number of hydrogen-bond acceptors (Lipinski definition) is 6. The summed E-state index contributed by atoms with van der Waals surface area (Å²) in [5.74, 6) is -0.247. The molecule has 0 aliphatic rings. The van der Waals surface area contributed by atoms with E-state index < -0.39 is 11.6 Å². The van der Waals surface area contributed by atoms with Gasteiger partial charge in [-0.25, -0.2) is 14.3 Å². The topological polar surface area (TPSA) is 79.7 Å². The summed E-state index contributed by atoms with van der Waals surface area (Å²) in [6.07, 6.45) is 3.11. The first-order valence-electron chi connectivity index (χ1n) is 8.81. The molecule has 146 valence electrons. The highest BCUT2D eigenvalue weighted by atomic mass is 16.6. The number of allylic oxidation sites excluding steroid dienone is 1. The lowest BCUT2D eigenvalue weighted by atomic mass is 10.2. The number of carbonyl (C=O) groups excluding carboxylic acids is 2. The minimum Gasteiger partial charge on any atom is -0.477 e. The van der Waals surface area contributed by atoms with Gasteiger partial charge in [0, 0.05) is 5.57 Å². The van der Waals surface area contributed by atoms with Gasteiger partial charge in [-0.3, -0.25) is 0 Å². The van der Waals surface area contributed by atoms with E-state index >= 15 is 0 Å². The Balaban J connectivity index is 2.98. The van der Waals surface area contributed by atoms with Crippen LogP contribution in [0.1, 0.15) is 58.8 Å². The van der Waals surface area contributed by atoms with Gasteiger partial charge in [0.15, 0.2) is 0 Å². The van der Waals surface area contributed by atoms with Crippen molar-refractivity contribution in [3.05, 3.63) is 23.4 Å². The molecule has 1 aromatic rings. The average molecular weight is 366 g/mol. The highest BCUT2D eigenvalue weighted by Crippen LogP contribution is 2.21. The zero-order valence-electron chi connectivity index (χ0n) is 16.8. The van der Waals surface area contributed by atoms with Crippen molar-refractivity contribution in [3.8, 4) is 5.88 Å². The van der Waals surface area contributed by atoms with Gasteiger partial charge in [0.25, 0.3) is 0 Å². The summed E-state index contributed by atoms with van der Waals surface area (Å²) in [4.78, 5) is 24.1. The first-order valence-corrected chi connectivity index (χ1v) is 8.81. The molecule has 7 nitrogen and oxygen atoms in total. The van der Waals surface area contributed by atoms with Gasteiger partial charge < -0.3 is 14.2 Å². The highest BCUT2D eigenvalue weighted by Gasteiger charge is 2.21. The van der Waals surface area contributed by atoms with E-state index in [1.54, 1.807) is 19.9 Å². The monoisotopic (exact) mass is 366 g/mol. The molecule has 0 saturated carbocycles. The maximum Gasteiger partial charge on any atom is 0.345 e. The minimum atomic E-state index is -0.555. The summed E-state index contributed by atoms with van der Waals surface area (Å²) in [5, 5.41) is 4.20. The van der Waals surface area contributed by atoms with Gasteiger partial charge in [0.05, 0.1) is 26.0 Å². The molecular weight excluding hydrogens is 336 g/mol. The molecule has 0 saturated heterocycles. The molecule has 0 N–H and O–H groups in total. The summed E-state index contributed by atoms with van der Waals surface area (Å²) >= 11 is 0. The molecule has 0 fully saturated rings. The first-order chi connectivity index (χ1) is 12.0. The number of aromatic nitrogens is 2. The summed E-state index contributed by atoms with van der Waals surface area (Å²) in [7, 11) is 0. The van der Waals surface area contributed by atoms with Crippen LogP contribution in [-0.4, -0.2) is 40.5 Å². The molecule has 0 unspecified atom stereocenters. The van der Waals surface area contributed by atoms with E-state index in [1.807, 2.05) is 34.6 Å². The third-order valence-corrected chi connectivity index (χ3v) is 3.13. The largest absolute Gasteiger partial charge is 0.477 e. The van der Waals surface area contributed by atoms with Gasteiger partial charge in [0.2, 0.25) is 5.88 Å². The summed E-state index contributed by atoms with van der Waals surface area (Å²) < 4.78 is 17.7. The van der Waals surface area contributed by atoms with Gasteiger partial charge in [-0.05, 0) is 40.5 Å². The van der Waals surface area contributed by atoms with Crippen LogP contribution in [0.5, 0.6) is 5.88 Å². The fraction of sp³-hybridized carbons (Fsp3) is 0.632. The van der Waals surface area contributed by atoms with E-state index in [0.29, 0.717) is 18.1 Å². The lowest BCUT2D eigenvalue weighted by molar-refractivity contribution is -0.149. The van der Waals surface area contributed by atoms with Crippen molar-refractivity contribution in [2.24, 2.45) is 5.92 Å². The van der Waals surface area contributed by atoms with Crippen LogP contribution in [0.2, 0.25) is 0 Å². The second kappa shape index (κ2) is 9.40. The van der Waals surface area contributed by atoms with Gasteiger partial charge in [-0.2, -0.15) is 5.10 Å². The molecule has 1 aromatic heterocycles. The van der Waals surface area contributed by atoms with Gasteiger partial charge in [0.1, 0.15) is 11.2 Å². The van der Waals surface area contributed by atoms with Crippen LogP contribution in [0.25, 0.3) is 0 Å². The summed E-state index contributed by atoms with van der Waals surface area (Å²) in [6, 6.07) is 0. The first kappa shape index (κ1) is 21.7. The Morgan fingerprint density at radius 3 is 2.50 bits per heavy atom. The molecule has 7 heteroatoms. The zero-order valence-corrected chi connectivity index (χ0v) is 16.8. The molecule has 0 aromatic carbocycles. The number of nitrogens with zero attached hydrogens (tertiary/aromatic N) is 2. The Morgan fingerprint density at radius 2 is 1.96 bits per heavy atom. The molecule has 26 heavy (non-hydrogen) atoms. The van der Waals surface area contributed by atoms with Crippen LogP contribution in [0.4, 0.5) is 0 Å². The number of carbonyl (C=O) groups is 2. The Labute approximate surface area is 155 Å². The molecule has 0 aliphatic heterocycles. The summed E-state index contributed by atoms with van der Waals surface area (Å²) in [5.41, 5.74) is 0.180. The Kier molecular flexibility index (Phi) is 7.86. The van der Waals surface area contributed by atoms with E-state index in [2.05, 4.69) is 5.10 Å². The second-order valence-electron chi connectivity index (χ2n) is 7.36. The van der Waals surface area contributed by atoms with Gasteiger partial charge in [-0.1, -0.05) is 19.9 Å². The molecule has 0 spiro atoms. The molecular formula is C19H30N2O5. The predicted octanol–water partition coefficient (Wildman–Crippen LogP) is 3.38. The Hall–Kier alpha value is -2.31. The van der Waals surface area contributed by atoms with Crippen LogP contribution in [0.15, 0.2) is 17.8 Å². The van der Waals surface area contributed by atoms with Crippen LogP contribution < -0.4 is 4.74 Å². The molecule has 0 radical (unpaired) electrons. The van der Waals surface area contributed by atoms with Crippen molar-refractivity contribution in [2.75, 3.05) is 13.2 Å². The van der Waals surface area contributed by atoms with E-state index in [0.717, 1.165) is 0 Å². The van der Waals surface area contributed by atoms with Crippen molar-refractivity contribution in [1.29, 1.82) is 0 Å². The maximum atomic E-state index is 12.1. The second-order valence-corrected chi connectivity index (χ2v) is 7.36. The van der Waals surface area contributed by atoms with Crippen molar-refractivity contribution in [1.82, 2.24) is 9.78 Å². The number of esters is 2. The van der Waals surface area contributed by atoms with E-state index in [9.17, 15) is 9.59 Å². The fourth-order valence-corrected chi connectivity index (χ4v) is 1.92. The van der Waals surface area contributed by atoms with Gasteiger partial charge >= 0.3 is 11.9 Å². The summed E-state index contributed by atoms with van der Waals surface area (Å²) in [6.45, 7) is 13.9. The normalized spacial score (nSPS) is 12.2. The van der Waals surface area contributed by atoms with Crippen molar-refractivity contribution in [3.63, 3.8) is 0 Å². The van der Waals surface area contributed by atoms with E-state index in [4.69, 9.17) is 14.2 Å². The fourth-order valence-electron chi connectivity index (χ4n) is 1.92. The molecule has 1 rings (SSSR count). The van der Waals surface area contributed by atoms with Crippen LogP contribution in [-0.2, 0) is 20.8 Å². The molecule has 0 aliphatic carbocycles. The average Bonchev–Trinajstić information content (AvgIpc) is 2.92.